The highest BCUT2D eigenvalue weighted by molar-refractivity contribution is 5.94. The monoisotopic (exact) mass is 365 g/mol. The van der Waals surface area contributed by atoms with E-state index in [0.717, 1.165) is 32.6 Å². The molecule has 5 nitrogen and oxygen atoms in total. The summed E-state index contributed by atoms with van der Waals surface area (Å²) in [5.41, 5.74) is 3.04. The average Bonchev–Trinajstić information content (AvgIpc) is 2.74. The molecule has 0 aliphatic carbocycles. The Labute approximate surface area is 161 Å². The Morgan fingerprint density at radius 1 is 0.926 bits per heavy atom. The number of para-hydroxylation sites is 1. The van der Waals surface area contributed by atoms with Crippen molar-refractivity contribution >= 4 is 17.5 Å². The Kier molecular flexibility index (Phi) is 6.47. The van der Waals surface area contributed by atoms with Crippen molar-refractivity contribution in [2.45, 2.75) is 19.8 Å². The molecular weight excluding hydrogens is 338 g/mol. The predicted octanol–water partition coefficient (Wildman–Crippen LogP) is 2.72. The number of anilines is 1. The molecule has 27 heavy (non-hydrogen) atoms. The van der Waals surface area contributed by atoms with Gasteiger partial charge in [0.25, 0.3) is 5.91 Å². The summed E-state index contributed by atoms with van der Waals surface area (Å²) < 4.78 is 0. The van der Waals surface area contributed by atoms with E-state index in [-0.39, 0.29) is 11.8 Å². The highest BCUT2D eigenvalue weighted by Crippen LogP contribution is 2.15. The van der Waals surface area contributed by atoms with E-state index in [2.05, 4.69) is 29.3 Å². The van der Waals surface area contributed by atoms with Crippen molar-refractivity contribution < 1.29 is 9.59 Å². The number of nitrogens with zero attached hydrogens (tertiary/aromatic N) is 2. The molecule has 1 aliphatic rings. The Balaban J connectivity index is 1.40. The van der Waals surface area contributed by atoms with Crippen LogP contribution in [0.15, 0.2) is 54.6 Å². The summed E-state index contributed by atoms with van der Waals surface area (Å²) >= 11 is 0. The highest BCUT2D eigenvalue weighted by atomic mass is 16.2. The molecule has 0 bridgehead atoms. The van der Waals surface area contributed by atoms with Crippen LogP contribution in [0.2, 0.25) is 0 Å². The van der Waals surface area contributed by atoms with Gasteiger partial charge < -0.3 is 15.1 Å². The molecule has 1 saturated heterocycles. The van der Waals surface area contributed by atoms with Crippen LogP contribution in [0.25, 0.3) is 0 Å². The molecule has 3 rings (SSSR count). The molecule has 1 N–H and O–H groups in total. The summed E-state index contributed by atoms with van der Waals surface area (Å²) in [6.07, 6.45) is 1.29. The number of benzene rings is 2. The van der Waals surface area contributed by atoms with E-state index >= 15 is 0 Å². The molecule has 5 heteroatoms. The quantitative estimate of drug-likeness (QED) is 0.856. The van der Waals surface area contributed by atoms with E-state index in [0.29, 0.717) is 18.5 Å². The lowest BCUT2D eigenvalue weighted by atomic mass is 10.1. The number of aryl methyl sites for hydroxylation is 1. The van der Waals surface area contributed by atoms with Crippen molar-refractivity contribution in [2.75, 3.05) is 37.6 Å². The van der Waals surface area contributed by atoms with Crippen LogP contribution >= 0.6 is 0 Å². The molecular formula is C22H27N3O2. The van der Waals surface area contributed by atoms with Crippen molar-refractivity contribution in [2.24, 2.45) is 0 Å². The fourth-order valence-electron chi connectivity index (χ4n) is 3.29. The normalized spacial score (nSPS) is 14.1. The van der Waals surface area contributed by atoms with Crippen molar-refractivity contribution in [3.05, 3.63) is 65.7 Å². The molecule has 2 amide bonds. The van der Waals surface area contributed by atoms with Crippen molar-refractivity contribution in [3.63, 3.8) is 0 Å². The van der Waals surface area contributed by atoms with E-state index in [4.69, 9.17) is 0 Å². The van der Waals surface area contributed by atoms with E-state index in [1.807, 2.05) is 47.4 Å². The van der Waals surface area contributed by atoms with E-state index in [1.54, 1.807) is 0 Å². The number of nitrogens with one attached hydrogen (secondary N) is 1. The number of hydrogen-bond acceptors (Lipinski definition) is 3. The molecule has 142 valence electrons. The van der Waals surface area contributed by atoms with Crippen molar-refractivity contribution in [1.29, 1.82) is 0 Å². The van der Waals surface area contributed by atoms with Gasteiger partial charge in [-0.2, -0.15) is 0 Å². The molecule has 0 spiro atoms. The van der Waals surface area contributed by atoms with Gasteiger partial charge in [-0.05, 0) is 36.2 Å². The van der Waals surface area contributed by atoms with Crippen LogP contribution in [-0.2, 0) is 11.2 Å². The SMILES string of the molecule is CCc1ccc(C(=O)NCCC(=O)N2CCN(c3ccccc3)CC2)cc1. The molecule has 2 aromatic carbocycles. The van der Waals surface area contributed by atoms with Gasteiger partial charge in [0, 0.05) is 50.4 Å². The predicted molar refractivity (Wildman–Crippen MR) is 108 cm³/mol. The minimum atomic E-state index is -0.126. The first-order valence-electron chi connectivity index (χ1n) is 9.62. The van der Waals surface area contributed by atoms with Gasteiger partial charge in [-0.1, -0.05) is 37.3 Å². The van der Waals surface area contributed by atoms with Crippen LogP contribution in [0, 0.1) is 0 Å². The average molecular weight is 365 g/mol. The van der Waals surface area contributed by atoms with Crippen molar-refractivity contribution in [1.82, 2.24) is 10.2 Å². The Morgan fingerprint density at radius 2 is 1.59 bits per heavy atom. The van der Waals surface area contributed by atoms with Crippen LogP contribution in [0.4, 0.5) is 5.69 Å². The zero-order valence-corrected chi connectivity index (χ0v) is 15.9. The summed E-state index contributed by atoms with van der Waals surface area (Å²) in [7, 11) is 0. The number of carbonyl (C=O) groups excluding carboxylic acids is 2. The molecule has 0 atom stereocenters. The second-order valence-corrected chi connectivity index (χ2v) is 6.76. The van der Waals surface area contributed by atoms with Gasteiger partial charge in [0.1, 0.15) is 0 Å². The van der Waals surface area contributed by atoms with Crippen LogP contribution < -0.4 is 10.2 Å². The lowest BCUT2D eigenvalue weighted by Gasteiger charge is -2.36. The van der Waals surface area contributed by atoms with Gasteiger partial charge in [-0.25, -0.2) is 0 Å². The molecule has 0 unspecified atom stereocenters. The molecule has 1 fully saturated rings. The smallest absolute Gasteiger partial charge is 0.251 e. The van der Waals surface area contributed by atoms with Gasteiger partial charge in [0.05, 0.1) is 0 Å². The summed E-state index contributed by atoms with van der Waals surface area (Å²) in [6.45, 7) is 5.57. The van der Waals surface area contributed by atoms with Gasteiger partial charge in [-0.15, -0.1) is 0 Å². The third-order valence-corrected chi connectivity index (χ3v) is 5.00. The summed E-state index contributed by atoms with van der Waals surface area (Å²) in [6, 6.07) is 17.9. The molecule has 0 aromatic heterocycles. The minimum absolute atomic E-state index is 0.101. The molecule has 2 aromatic rings. The maximum absolute atomic E-state index is 12.4. The standard InChI is InChI=1S/C22H27N3O2/c1-2-18-8-10-19(11-9-18)22(27)23-13-12-21(26)25-16-14-24(15-17-25)20-6-4-3-5-7-20/h3-11H,2,12-17H2,1H3,(H,23,27). The van der Waals surface area contributed by atoms with Crippen LogP contribution in [0.1, 0.15) is 29.3 Å². The molecule has 1 aliphatic heterocycles. The number of hydrogen-bond donors (Lipinski definition) is 1. The largest absolute Gasteiger partial charge is 0.368 e. The third-order valence-electron chi connectivity index (χ3n) is 5.00. The van der Waals surface area contributed by atoms with Crippen LogP contribution in [0.3, 0.4) is 0 Å². The molecule has 1 heterocycles. The van der Waals surface area contributed by atoms with Gasteiger partial charge in [0.2, 0.25) is 5.91 Å². The molecule has 0 radical (unpaired) electrons. The first-order chi connectivity index (χ1) is 13.2. The maximum atomic E-state index is 12.4. The summed E-state index contributed by atoms with van der Waals surface area (Å²) in [5.74, 6) is -0.0244. The fourth-order valence-corrected chi connectivity index (χ4v) is 3.29. The van der Waals surface area contributed by atoms with E-state index in [1.165, 1.54) is 11.3 Å². The molecule has 0 saturated carbocycles. The van der Waals surface area contributed by atoms with Crippen LogP contribution in [0.5, 0.6) is 0 Å². The van der Waals surface area contributed by atoms with Crippen molar-refractivity contribution in [3.8, 4) is 0 Å². The number of piperazine rings is 1. The number of rotatable bonds is 6. The van der Waals surface area contributed by atoms with Crippen LogP contribution in [-0.4, -0.2) is 49.4 Å². The fraction of sp³-hybridized carbons (Fsp3) is 0.364. The topological polar surface area (TPSA) is 52.7 Å². The van der Waals surface area contributed by atoms with Gasteiger partial charge in [0.15, 0.2) is 0 Å². The van der Waals surface area contributed by atoms with Gasteiger partial charge in [-0.3, -0.25) is 9.59 Å². The van der Waals surface area contributed by atoms with E-state index in [9.17, 15) is 9.59 Å². The number of amides is 2. The first kappa shape index (κ1) is 19.0. The second kappa shape index (κ2) is 9.21. The number of carbonyl (C=O) groups is 2. The van der Waals surface area contributed by atoms with Gasteiger partial charge >= 0.3 is 0 Å². The lowest BCUT2D eigenvalue weighted by Crippen LogP contribution is -2.49. The first-order valence-corrected chi connectivity index (χ1v) is 9.62. The zero-order valence-electron chi connectivity index (χ0n) is 15.9. The van der Waals surface area contributed by atoms with E-state index < -0.39 is 0 Å². The lowest BCUT2D eigenvalue weighted by molar-refractivity contribution is -0.131. The Hall–Kier alpha value is -2.82. The zero-order chi connectivity index (χ0) is 19.1. The summed E-state index contributed by atoms with van der Waals surface area (Å²) in [5, 5.41) is 2.84. The second-order valence-electron chi connectivity index (χ2n) is 6.76. The third kappa shape index (κ3) is 5.09. The Morgan fingerprint density at radius 3 is 2.22 bits per heavy atom. The Bertz CT molecular complexity index is 751. The highest BCUT2D eigenvalue weighted by Gasteiger charge is 2.21. The maximum Gasteiger partial charge on any atom is 0.251 e. The minimum Gasteiger partial charge on any atom is -0.368 e. The summed E-state index contributed by atoms with van der Waals surface area (Å²) in [4.78, 5) is 28.7.